The van der Waals surface area contributed by atoms with Crippen LogP contribution in [0.25, 0.3) is 0 Å². The Labute approximate surface area is 68.0 Å². The number of hydrogen-bond acceptors (Lipinski definition) is 2. The lowest BCUT2D eigenvalue weighted by atomic mass is 10.3. The number of nitrogens with zero attached hydrogens (tertiary/aromatic N) is 2. The van der Waals surface area contributed by atoms with Crippen LogP contribution >= 0.6 is 0 Å². The first-order valence-corrected chi connectivity index (χ1v) is 4.05. The monoisotopic (exact) mass is 156 g/mol. The van der Waals surface area contributed by atoms with Crippen LogP contribution in [0.2, 0.25) is 0 Å². The van der Waals surface area contributed by atoms with Crippen molar-refractivity contribution in [2.45, 2.75) is 33.0 Å². The second-order valence-electron chi connectivity index (χ2n) is 3.44. The van der Waals surface area contributed by atoms with Gasteiger partial charge in [0.2, 0.25) is 5.91 Å². The Morgan fingerprint density at radius 2 is 2.09 bits per heavy atom. The van der Waals surface area contributed by atoms with Gasteiger partial charge in [-0.25, -0.2) is 0 Å². The zero-order valence-electron chi connectivity index (χ0n) is 7.66. The summed E-state index contributed by atoms with van der Waals surface area (Å²) in [7, 11) is 1.98. The maximum absolute atomic E-state index is 11.3. The average Bonchev–Trinajstić information content (AvgIpc) is 2.07. The van der Waals surface area contributed by atoms with Gasteiger partial charge in [0, 0.05) is 6.04 Å². The van der Waals surface area contributed by atoms with E-state index in [4.69, 9.17) is 0 Å². The molecule has 3 nitrogen and oxygen atoms in total. The lowest BCUT2D eigenvalue weighted by Crippen LogP contribution is -2.40. The SMILES string of the molecule is CC(C)N1C(=O)CN(C)[C@@H]1C. The van der Waals surface area contributed by atoms with Crippen LogP contribution < -0.4 is 0 Å². The zero-order chi connectivity index (χ0) is 8.59. The normalized spacial score (nSPS) is 27.2. The van der Waals surface area contributed by atoms with Crippen LogP contribution in [0.1, 0.15) is 20.8 Å². The molecule has 0 radical (unpaired) electrons. The summed E-state index contributed by atoms with van der Waals surface area (Å²) < 4.78 is 0. The molecule has 0 aliphatic carbocycles. The van der Waals surface area contributed by atoms with Gasteiger partial charge in [-0.3, -0.25) is 9.69 Å². The van der Waals surface area contributed by atoms with E-state index in [0.29, 0.717) is 12.6 Å². The minimum absolute atomic E-state index is 0.245. The van der Waals surface area contributed by atoms with Crippen LogP contribution in [0.5, 0.6) is 0 Å². The highest BCUT2D eigenvalue weighted by Crippen LogP contribution is 2.15. The van der Waals surface area contributed by atoms with Gasteiger partial charge in [-0.05, 0) is 27.8 Å². The van der Waals surface area contributed by atoms with Crippen molar-refractivity contribution in [1.82, 2.24) is 9.80 Å². The van der Waals surface area contributed by atoms with Gasteiger partial charge in [0.15, 0.2) is 0 Å². The summed E-state index contributed by atoms with van der Waals surface area (Å²) in [5.41, 5.74) is 0. The van der Waals surface area contributed by atoms with Gasteiger partial charge < -0.3 is 4.90 Å². The molecule has 1 aliphatic heterocycles. The minimum atomic E-state index is 0.245. The molecule has 0 aromatic carbocycles. The van der Waals surface area contributed by atoms with E-state index in [0.717, 1.165) is 0 Å². The standard InChI is InChI=1S/C8H16N2O/c1-6(2)10-7(3)9(4)5-8(10)11/h6-7H,5H2,1-4H3/t7-/m0/s1. The summed E-state index contributed by atoms with van der Waals surface area (Å²) in [6.07, 6.45) is 0.266. The van der Waals surface area contributed by atoms with Crippen LogP contribution in [-0.4, -0.2) is 41.5 Å². The Bertz CT molecular complexity index is 167. The van der Waals surface area contributed by atoms with Gasteiger partial charge in [-0.15, -0.1) is 0 Å². The molecule has 0 bridgehead atoms. The molecular weight excluding hydrogens is 140 g/mol. The molecule has 0 saturated carbocycles. The summed E-state index contributed by atoms with van der Waals surface area (Å²) in [6, 6.07) is 0.322. The van der Waals surface area contributed by atoms with E-state index in [1.54, 1.807) is 0 Å². The van der Waals surface area contributed by atoms with E-state index in [1.807, 2.05) is 25.8 Å². The number of likely N-dealkylation sites (N-methyl/N-ethyl adjacent to an activating group) is 1. The van der Waals surface area contributed by atoms with Gasteiger partial charge in [0.25, 0.3) is 0 Å². The molecule has 1 rings (SSSR count). The van der Waals surface area contributed by atoms with E-state index in [9.17, 15) is 4.79 Å². The van der Waals surface area contributed by atoms with Gasteiger partial charge in [-0.1, -0.05) is 0 Å². The van der Waals surface area contributed by atoms with Crippen molar-refractivity contribution in [2.24, 2.45) is 0 Å². The summed E-state index contributed by atoms with van der Waals surface area (Å²) in [5, 5.41) is 0. The first kappa shape index (κ1) is 8.53. The second-order valence-corrected chi connectivity index (χ2v) is 3.44. The van der Waals surface area contributed by atoms with E-state index in [-0.39, 0.29) is 12.1 Å². The average molecular weight is 156 g/mol. The van der Waals surface area contributed by atoms with Gasteiger partial charge in [0.1, 0.15) is 0 Å². The largest absolute Gasteiger partial charge is 0.324 e. The molecule has 0 aromatic heterocycles. The summed E-state index contributed by atoms with van der Waals surface area (Å²) in [6.45, 7) is 6.73. The topological polar surface area (TPSA) is 23.6 Å². The Hall–Kier alpha value is -0.570. The molecular formula is C8H16N2O. The first-order chi connectivity index (χ1) is 5.04. The van der Waals surface area contributed by atoms with E-state index in [2.05, 4.69) is 11.8 Å². The lowest BCUT2D eigenvalue weighted by Gasteiger charge is -2.27. The molecule has 0 unspecified atom stereocenters. The first-order valence-electron chi connectivity index (χ1n) is 4.05. The van der Waals surface area contributed by atoms with Crippen LogP contribution in [0, 0.1) is 0 Å². The Kier molecular flexibility index (Phi) is 2.18. The third kappa shape index (κ3) is 1.38. The second kappa shape index (κ2) is 2.81. The van der Waals surface area contributed by atoms with E-state index >= 15 is 0 Å². The van der Waals surface area contributed by atoms with E-state index < -0.39 is 0 Å². The molecule has 1 atom stereocenters. The molecule has 1 aliphatic rings. The molecule has 0 aromatic rings. The molecule has 1 amide bonds. The fourth-order valence-corrected chi connectivity index (χ4v) is 1.57. The quantitative estimate of drug-likeness (QED) is 0.552. The number of carbonyl (C=O) groups is 1. The van der Waals surface area contributed by atoms with Crippen LogP contribution in [0.4, 0.5) is 0 Å². The maximum Gasteiger partial charge on any atom is 0.238 e. The highest BCUT2D eigenvalue weighted by molar-refractivity contribution is 5.80. The van der Waals surface area contributed by atoms with Crippen molar-refractivity contribution in [2.75, 3.05) is 13.6 Å². The van der Waals surface area contributed by atoms with E-state index in [1.165, 1.54) is 0 Å². The van der Waals surface area contributed by atoms with Crippen molar-refractivity contribution >= 4 is 5.91 Å². The summed E-state index contributed by atoms with van der Waals surface area (Å²) in [4.78, 5) is 15.3. The molecule has 1 saturated heterocycles. The smallest absolute Gasteiger partial charge is 0.238 e. The number of carbonyl (C=O) groups excluding carboxylic acids is 1. The molecule has 0 N–H and O–H groups in total. The highest BCUT2D eigenvalue weighted by atomic mass is 16.2. The highest BCUT2D eigenvalue weighted by Gasteiger charge is 2.33. The van der Waals surface area contributed by atoms with Crippen LogP contribution in [0.3, 0.4) is 0 Å². The fourth-order valence-electron chi connectivity index (χ4n) is 1.57. The molecule has 0 spiro atoms. The van der Waals surface area contributed by atoms with Crippen molar-refractivity contribution in [3.8, 4) is 0 Å². The lowest BCUT2D eigenvalue weighted by molar-refractivity contribution is -0.129. The summed E-state index contributed by atoms with van der Waals surface area (Å²) in [5.74, 6) is 0.245. The Balaban J connectivity index is 2.71. The number of rotatable bonds is 1. The maximum atomic E-state index is 11.3. The third-order valence-electron chi connectivity index (χ3n) is 2.27. The molecule has 11 heavy (non-hydrogen) atoms. The van der Waals surface area contributed by atoms with Crippen molar-refractivity contribution in [3.05, 3.63) is 0 Å². The number of amides is 1. The van der Waals surface area contributed by atoms with Crippen molar-refractivity contribution < 1.29 is 4.79 Å². The van der Waals surface area contributed by atoms with Crippen molar-refractivity contribution in [1.29, 1.82) is 0 Å². The molecule has 1 heterocycles. The third-order valence-corrected chi connectivity index (χ3v) is 2.27. The number of hydrogen-bond donors (Lipinski definition) is 0. The summed E-state index contributed by atoms with van der Waals surface area (Å²) >= 11 is 0. The Morgan fingerprint density at radius 3 is 2.27 bits per heavy atom. The fraction of sp³-hybridized carbons (Fsp3) is 0.875. The van der Waals surface area contributed by atoms with Gasteiger partial charge in [-0.2, -0.15) is 0 Å². The van der Waals surface area contributed by atoms with Crippen LogP contribution in [-0.2, 0) is 4.79 Å². The molecule has 64 valence electrons. The van der Waals surface area contributed by atoms with Gasteiger partial charge in [0.05, 0.1) is 12.7 Å². The molecule has 3 heteroatoms. The van der Waals surface area contributed by atoms with Gasteiger partial charge >= 0.3 is 0 Å². The minimum Gasteiger partial charge on any atom is -0.324 e. The van der Waals surface area contributed by atoms with Crippen molar-refractivity contribution in [3.63, 3.8) is 0 Å². The Morgan fingerprint density at radius 1 is 1.55 bits per heavy atom. The predicted molar refractivity (Wildman–Crippen MR) is 44.1 cm³/mol. The molecule has 1 fully saturated rings. The van der Waals surface area contributed by atoms with Crippen LogP contribution in [0.15, 0.2) is 0 Å². The zero-order valence-corrected chi connectivity index (χ0v) is 7.66. The predicted octanol–water partition coefficient (Wildman–Crippen LogP) is 0.515.